The lowest BCUT2D eigenvalue weighted by Gasteiger charge is -2.23. The van der Waals surface area contributed by atoms with Crippen LogP contribution in [0.4, 0.5) is 5.95 Å². The van der Waals surface area contributed by atoms with E-state index in [2.05, 4.69) is 24.9 Å². The second kappa shape index (κ2) is 9.84. The second-order valence-corrected chi connectivity index (χ2v) is 8.76. The molecule has 7 nitrogen and oxygen atoms in total. The molecule has 2 bridgehead atoms. The molecule has 4 heterocycles. The highest BCUT2D eigenvalue weighted by molar-refractivity contribution is 7.92. The summed E-state index contributed by atoms with van der Waals surface area (Å²) in [5, 5.41) is 3.60. The maximum Gasteiger partial charge on any atom is 0.264 e. The number of halogens is 2. The van der Waals surface area contributed by atoms with Crippen LogP contribution in [0.1, 0.15) is 18.4 Å². The number of nitrogens with zero attached hydrogens (tertiary/aromatic N) is 3. The number of sulfonamides is 1. The molecule has 0 aliphatic carbocycles. The molecular formula is C18H25Cl2N5O2S. The average molecular weight is 446 g/mol. The van der Waals surface area contributed by atoms with Crippen LogP contribution in [-0.4, -0.2) is 49.0 Å². The van der Waals surface area contributed by atoms with Crippen molar-refractivity contribution in [3.05, 3.63) is 48.3 Å². The highest BCUT2D eigenvalue weighted by atomic mass is 35.5. The van der Waals surface area contributed by atoms with Crippen LogP contribution < -0.4 is 10.0 Å². The third-order valence-electron chi connectivity index (χ3n) is 5.00. The Kier molecular flexibility index (Phi) is 8.03. The van der Waals surface area contributed by atoms with Gasteiger partial charge in [0.25, 0.3) is 10.0 Å². The van der Waals surface area contributed by atoms with Crippen molar-refractivity contribution in [1.29, 1.82) is 0 Å². The number of aromatic nitrogens is 2. The van der Waals surface area contributed by atoms with Crippen LogP contribution in [0.3, 0.4) is 0 Å². The van der Waals surface area contributed by atoms with Crippen molar-refractivity contribution in [3.8, 4) is 0 Å². The van der Waals surface area contributed by atoms with E-state index in [-0.39, 0.29) is 35.7 Å². The summed E-state index contributed by atoms with van der Waals surface area (Å²) < 4.78 is 27.1. The molecule has 0 saturated carbocycles. The maximum atomic E-state index is 12.3. The summed E-state index contributed by atoms with van der Waals surface area (Å²) in [5.41, 5.74) is 0.994. The Balaban J connectivity index is 0.00000140. The van der Waals surface area contributed by atoms with Gasteiger partial charge in [0.05, 0.1) is 4.90 Å². The number of rotatable bonds is 5. The summed E-state index contributed by atoms with van der Waals surface area (Å²) in [6.07, 6.45) is 5.95. The first-order valence-corrected chi connectivity index (χ1v) is 10.4. The molecule has 28 heavy (non-hydrogen) atoms. The number of piperidine rings is 1. The fraction of sp³-hybridized carbons (Fsp3) is 0.444. The maximum absolute atomic E-state index is 12.3. The van der Waals surface area contributed by atoms with Crippen molar-refractivity contribution in [2.45, 2.75) is 30.3 Å². The van der Waals surface area contributed by atoms with E-state index in [1.807, 2.05) is 0 Å². The van der Waals surface area contributed by atoms with Crippen LogP contribution >= 0.6 is 24.8 Å². The summed E-state index contributed by atoms with van der Waals surface area (Å²) in [6.45, 7) is 4.03. The number of benzene rings is 1. The van der Waals surface area contributed by atoms with E-state index in [0.29, 0.717) is 12.0 Å². The molecule has 2 N–H and O–H groups in total. The molecule has 3 saturated heterocycles. The minimum absolute atomic E-state index is 0. The molecule has 0 unspecified atom stereocenters. The SMILES string of the molecule is Cl.Cl.O=S(=O)(Nc1ncc(CN2C[C@H]3CC[C@@H](C2)NC3)cn1)c1ccccc1. The van der Waals surface area contributed by atoms with Crippen molar-refractivity contribution in [2.24, 2.45) is 5.92 Å². The lowest BCUT2D eigenvalue weighted by atomic mass is 9.97. The van der Waals surface area contributed by atoms with Crippen LogP contribution in [0.25, 0.3) is 0 Å². The third-order valence-corrected chi connectivity index (χ3v) is 6.35. The number of nitrogens with one attached hydrogen (secondary N) is 2. The van der Waals surface area contributed by atoms with Crippen LogP contribution in [0.15, 0.2) is 47.6 Å². The van der Waals surface area contributed by atoms with Crippen molar-refractivity contribution in [3.63, 3.8) is 0 Å². The standard InChI is InChI=1S/C18H23N5O2S.2ClH/c24-26(25,17-4-2-1-3-5-17)22-18-20-9-15(10-21-18)12-23-11-14-6-7-16(13-23)19-8-14;;/h1-5,9-10,14,16,19H,6-8,11-13H2,(H,20,21,22);2*1H/t14-,16-;;/m0../s1. The molecule has 3 fully saturated rings. The first-order chi connectivity index (χ1) is 12.6. The fourth-order valence-corrected chi connectivity index (χ4v) is 4.67. The molecule has 2 aromatic rings. The normalized spacial score (nSPS) is 21.9. The van der Waals surface area contributed by atoms with Gasteiger partial charge in [-0.25, -0.2) is 23.1 Å². The summed E-state index contributed by atoms with van der Waals surface area (Å²) in [7, 11) is -3.66. The molecule has 10 heteroatoms. The lowest BCUT2D eigenvalue weighted by molar-refractivity contribution is 0.255. The fourth-order valence-electron chi connectivity index (χ4n) is 3.69. The topological polar surface area (TPSA) is 87.2 Å². The average Bonchev–Trinajstić information content (AvgIpc) is 2.96. The van der Waals surface area contributed by atoms with E-state index < -0.39 is 10.0 Å². The van der Waals surface area contributed by atoms with Crippen LogP contribution in [0, 0.1) is 5.92 Å². The van der Waals surface area contributed by atoms with Gasteiger partial charge in [-0.1, -0.05) is 18.2 Å². The lowest BCUT2D eigenvalue weighted by Crippen LogP contribution is -2.39. The van der Waals surface area contributed by atoms with E-state index >= 15 is 0 Å². The Morgan fingerprint density at radius 2 is 1.79 bits per heavy atom. The van der Waals surface area contributed by atoms with Gasteiger partial charge < -0.3 is 5.32 Å². The zero-order chi connectivity index (χ0) is 18.0. The summed E-state index contributed by atoms with van der Waals surface area (Å²) >= 11 is 0. The zero-order valence-electron chi connectivity index (χ0n) is 15.3. The minimum atomic E-state index is -3.66. The van der Waals surface area contributed by atoms with Gasteiger partial charge in [-0.05, 0) is 37.4 Å². The first kappa shape index (κ1) is 22.8. The monoisotopic (exact) mass is 445 g/mol. The van der Waals surface area contributed by atoms with Gasteiger partial charge in [0.2, 0.25) is 5.95 Å². The molecule has 0 spiro atoms. The van der Waals surface area contributed by atoms with Crippen molar-refractivity contribution in [1.82, 2.24) is 20.2 Å². The summed E-state index contributed by atoms with van der Waals surface area (Å²) in [4.78, 5) is 11.0. The Hall–Kier alpha value is -1.45. The molecule has 1 aromatic carbocycles. The first-order valence-electron chi connectivity index (χ1n) is 8.93. The molecule has 0 amide bonds. The summed E-state index contributed by atoms with van der Waals surface area (Å²) in [5.74, 6) is 0.807. The molecule has 3 aliphatic heterocycles. The van der Waals surface area contributed by atoms with Gasteiger partial charge in [-0.15, -0.1) is 24.8 Å². The quantitative estimate of drug-likeness (QED) is 0.733. The largest absolute Gasteiger partial charge is 0.312 e. The highest BCUT2D eigenvalue weighted by Gasteiger charge is 2.28. The minimum Gasteiger partial charge on any atom is -0.312 e. The molecule has 3 aliphatic rings. The van der Waals surface area contributed by atoms with Gasteiger partial charge in [-0.3, -0.25) is 4.90 Å². The van der Waals surface area contributed by atoms with Crippen molar-refractivity contribution < 1.29 is 8.42 Å². The molecule has 154 valence electrons. The Bertz CT molecular complexity index is 830. The van der Waals surface area contributed by atoms with E-state index in [1.54, 1.807) is 42.7 Å². The molecule has 1 aromatic heterocycles. The van der Waals surface area contributed by atoms with Gasteiger partial charge in [0, 0.05) is 43.6 Å². The van der Waals surface area contributed by atoms with Gasteiger partial charge in [-0.2, -0.15) is 0 Å². The van der Waals surface area contributed by atoms with Crippen molar-refractivity contribution >= 4 is 40.8 Å². The Labute approximate surface area is 178 Å². The van der Waals surface area contributed by atoms with E-state index in [4.69, 9.17) is 0 Å². The van der Waals surface area contributed by atoms with Crippen LogP contribution in [0.2, 0.25) is 0 Å². The van der Waals surface area contributed by atoms with Gasteiger partial charge in [0.15, 0.2) is 0 Å². The molecule has 5 rings (SSSR count). The van der Waals surface area contributed by atoms with E-state index in [1.165, 1.54) is 12.8 Å². The number of fused-ring (bicyclic) bond motifs is 4. The zero-order valence-corrected chi connectivity index (χ0v) is 17.8. The smallest absolute Gasteiger partial charge is 0.264 e. The highest BCUT2D eigenvalue weighted by Crippen LogP contribution is 2.22. The third kappa shape index (κ3) is 5.55. The molecule has 0 radical (unpaired) electrons. The molecular weight excluding hydrogens is 421 g/mol. The van der Waals surface area contributed by atoms with Gasteiger partial charge in [0.1, 0.15) is 0 Å². The number of anilines is 1. The Morgan fingerprint density at radius 3 is 2.43 bits per heavy atom. The van der Waals surface area contributed by atoms with Crippen molar-refractivity contribution in [2.75, 3.05) is 24.4 Å². The van der Waals surface area contributed by atoms with E-state index in [0.717, 1.165) is 31.7 Å². The van der Waals surface area contributed by atoms with Crippen LogP contribution in [-0.2, 0) is 16.6 Å². The number of hydrogen-bond acceptors (Lipinski definition) is 6. The Morgan fingerprint density at radius 1 is 1.07 bits per heavy atom. The summed E-state index contributed by atoms with van der Waals surface area (Å²) in [6, 6.07) is 8.79. The van der Waals surface area contributed by atoms with Crippen LogP contribution in [0.5, 0.6) is 0 Å². The predicted molar refractivity (Wildman–Crippen MR) is 114 cm³/mol. The molecule has 2 atom stereocenters. The predicted octanol–water partition coefficient (Wildman–Crippen LogP) is 2.30. The second-order valence-electron chi connectivity index (χ2n) is 7.08. The van der Waals surface area contributed by atoms with E-state index in [9.17, 15) is 8.42 Å². The number of hydrogen-bond donors (Lipinski definition) is 2. The van der Waals surface area contributed by atoms with Gasteiger partial charge >= 0.3 is 0 Å².